The number of hydrogen-bond donors (Lipinski definition) is 3. The minimum atomic E-state index is -0.149. The first-order chi connectivity index (χ1) is 14.5. The van der Waals surface area contributed by atoms with Gasteiger partial charge in [-0.1, -0.05) is 18.2 Å². The molecule has 0 heterocycles. The van der Waals surface area contributed by atoms with Crippen molar-refractivity contribution in [2.45, 2.75) is 32.9 Å². The molecule has 3 N–H and O–H groups in total. The number of hydrogen-bond acceptors (Lipinski definition) is 5. The number of carbonyl (C=O) groups excluding carboxylic acids is 2. The molecule has 0 aliphatic rings. The first-order valence-corrected chi connectivity index (χ1v) is 10.1. The molecule has 2 aromatic carbocycles. The van der Waals surface area contributed by atoms with Gasteiger partial charge in [0, 0.05) is 38.1 Å². The normalized spacial score (nSPS) is 10.5. The molecule has 0 saturated carbocycles. The lowest BCUT2D eigenvalue weighted by Gasteiger charge is -2.11. The van der Waals surface area contributed by atoms with Crippen LogP contribution in [0.1, 0.15) is 36.2 Å². The number of rotatable bonds is 12. The van der Waals surface area contributed by atoms with E-state index >= 15 is 0 Å². The zero-order valence-electron chi connectivity index (χ0n) is 17.9. The average molecular weight is 414 g/mol. The van der Waals surface area contributed by atoms with Crippen LogP contribution in [0.2, 0.25) is 0 Å². The number of amides is 2. The maximum Gasteiger partial charge on any atom is 0.251 e. The van der Waals surface area contributed by atoms with Crippen molar-refractivity contribution in [1.29, 1.82) is 0 Å². The van der Waals surface area contributed by atoms with E-state index in [1.165, 1.54) is 0 Å². The van der Waals surface area contributed by atoms with Crippen molar-refractivity contribution in [3.05, 3.63) is 59.7 Å². The van der Waals surface area contributed by atoms with E-state index in [0.29, 0.717) is 30.9 Å². The lowest BCUT2D eigenvalue weighted by molar-refractivity contribution is -0.119. The highest BCUT2D eigenvalue weighted by molar-refractivity contribution is 5.95. The molecule has 0 bridgehead atoms. The molecular weight excluding hydrogens is 382 g/mol. The van der Waals surface area contributed by atoms with Crippen LogP contribution in [0.5, 0.6) is 5.75 Å². The molecule has 2 aromatic rings. The third kappa shape index (κ3) is 8.53. The Morgan fingerprint density at radius 1 is 1.03 bits per heavy atom. The quantitative estimate of drug-likeness (QED) is 0.466. The Bertz CT molecular complexity index is 806. The summed E-state index contributed by atoms with van der Waals surface area (Å²) in [5.41, 5.74) is 2.25. The standard InChI is InChI=1S/C23H31N3O4/c1-17(2)30-21-10-8-18(9-11-21)15-26-22(27)16-25-20-7-4-6-19(14-20)23(28)24-12-5-13-29-3/h4,6-11,14,17,25H,5,12-13,15-16H2,1-3H3,(H,24,28)(H,26,27). The van der Waals surface area contributed by atoms with E-state index in [-0.39, 0.29) is 24.5 Å². The van der Waals surface area contributed by atoms with Gasteiger partial charge in [-0.15, -0.1) is 0 Å². The van der Waals surface area contributed by atoms with Crippen LogP contribution in [-0.2, 0) is 16.1 Å². The van der Waals surface area contributed by atoms with Crippen LogP contribution in [0.25, 0.3) is 0 Å². The zero-order chi connectivity index (χ0) is 21.8. The van der Waals surface area contributed by atoms with Crippen LogP contribution in [0.15, 0.2) is 48.5 Å². The summed E-state index contributed by atoms with van der Waals surface area (Å²) in [6.07, 6.45) is 0.884. The van der Waals surface area contributed by atoms with Gasteiger partial charge in [0.05, 0.1) is 12.6 Å². The molecule has 0 saturated heterocycles. The molecule has 2 rings (SSSR count). The first-order valence-electron chi connectivity index (χ1n) is 10.1. The Kier molecular flexibility index (Phi) is 9.67. The largest absolute Gasteiger partial charge is 0.491 e. The molecule has 0 fully saturated rings. The molecule has 2 amide bonds. The van der Waals surface area contributed by atoms with Crippen molar-refractivity contribution in [3.8, 4) is 5.75 Å². The van der Waals surface area contributed by atoms with Crippen LogP contribution < -0.4 is 20.7 Å². The average Bonchev–Trinajstić information content (AvgIpc) is 2.74. The van der Waals surface area contributed by atoms with Crippen molar-refractivity contribution >= 4 is 17.5 Å². The van der Waals surface area contributed by atoms with Crippen molar-refractivity contribution in [2.75, 3.05) is 32.1 Å². The van der Waals surface area contributed by atoms with E-state index in [0.717, 1.165) is 17.7 Å². The van der Waals surface area contributed by atoms with Crippen LogP contribution in [-0.4, -0.2) is 44.7 Å². The smallest absolute Gasteiger partial charge is 0.251 e. The number of ether oxygens (including phenoxy) is 2. The van der Waals surface area contributed by atoms with Crippen LogP contribution in [0.4, 0.5) is 5.69 Å². The molecular formula is C23H31N3O4. The van der Waals surface area contributed by atoms with Crippen LogP contribution in [0, 0.1) is 0 Å². The number of nitrogens with one attached hydrogen (secondary N) is 3. The Morgan fingerprint density at radius 3 is 2.50 bits per heavy atom. The van der Waals surface area contributed by atoms with Gasteiger partial charge in [-0.05, 0) is 56.2 Å². The molecule has 7 nitrogen and oxygen atoms in total. The van der Waals surface area contributed by atoms with Gasteiger partial charge in [0.1, 0.15) is 5.75 Å². The lowest BCUT2D eigenvalue weighted by Crippen LogP contribution is -2.29. The van der Waals surface area contributed by atoms with Gasteiger partial charge >= 0.3 is 0 Å². The van der Waals surface area contributed by atoms with E-state index < -0.39 is 0 Å². The molecule has 0 radical (unpaired) electrons. The molecule has 0 spiro atoms. The fourth-order valence-corrected chi connectivity index (χ4v) is 2.69. The molecule has 0 unspecified atom stereocenters. The van der Waals surface area contributed by atoms with Gasteiger partial charge in [0.15, 0.2) is 0 Å². The van der Waals surface area contributed by atoms with E-state index in [1.54, 1.807) is 25.3 Å². The molecule has 7 heteroatoms. The number of methoxy groups -OCH3 is 1. The summed E-state index contributed by atoms with van der Waals surface area (Å²) < 4.78 is 10.6. The minimum Gasteiger partial charge on any atom is -0.491 e. The summed E-state index contributed by atoms with van der Waals surface area (Å²) in [4.78, 5) is 24.3. The Morgan fingerprint density at radius 2 is 1.80 bits per heavy atom. The van der Waals surface area contributed by atoms with E-state index in [9.17, 15) is 9.59 Å². The predicted molar refractivity (Wildman–Crippen MR) is 118 cm³/mol. The van der Waals surface area contributed by atoms with Crippen LogP contribution >= 0.6 is 0 Å². The van der Waals surface area contributed by atoms with Crippen molar-refractivity contribution in [1.82, 2.24) is 10.6 Å². The first kappa shape index (κ1) is 23.2. The summed E-state index contributed by atoms with van der Waals surface area (Å²) in [5, 5.41) is 8.77. The molecule has 0 aliphatic carbocycles. The second kappa shape index (κ2) is 12.5. The van der Waals surface area contributed by atoms with Gasteiger partial charge in [-0.3, -0.25) is 9.59 Å². The zero-order valence-corrected chi connectivity index (χ0v) is 17.9. The third-order valence-corrected chi connectivity index (χ3v) is 4.17. The Labute approximate surface area is 178 Å². The van der Waals surface area contributed by atoms with E-state index in [4.69, 9.17) is 9.47 Å². The third-order valence-electron chi connectivity index (χ3n) is 4.17. The molecule has 0 aliphatic heterocycles. The summed E-state index contributed by atoms with van der Waals surface area (Å²) >= 11 is 0. The van der Waals surface area contributed by atoms with Gasteiger partial charge in [0.25, 0.3) is 5.91 Å². The summed E-state index contributed by atoms with van der Waals surface area (Å²) in [6, 6.07) is 14.7. The fourth-order valence-electron chi connectivity index (χ4n) is 2.69. The highest BCUT2D eigenvalue weighted by Gasteiger charge is 2.07. The summed E-state index contributed by atoms with van der Waals surface area (Å²) in [5.74, 6) is 0.528. The second-order valence-corrected chi connectivity index (χ2v) is 7.12. The van der Waals surface area contributed by atoms with Crippen molar-refractivity contribution in [2.24, 2.45) is 0 Å². The Balaban J connectivity index is 1.75. The maximum absolute atomic E-state index is 12.2. The predicted octanol–water partition coefficient (Wildman–Crippen LogP) is 2.97. The Hall–Kier alpha value is -3.06. The van der Waals surface area contributed by atoms with Crippen molar-refractivity contribution < 1.29 is 19.1 Å². The highest BCUT2D eigenvalue weighted by atomic mass is 16.5. The van der Waals surface area contributed by atoms with E-state index in [2.05, 4.69) is 16.0 Å². The second-order valence-electron chi connectivity index (χ2n) is 7.12. The molecule has 162 valence electrons. The number of carbonyl (C=O) groups is 2. The summed E-state index contributed by atoms with van der Waals surface area (Å²) in [7, 11) is 1.63. The molecule has 0 atom stereocenters. The minimum absolute atomic E-state index is 0.119. The molecule has 30 heavy (non-hydrogen) atoms. The highest BCUT2D eigenvalue weighted by Crippen LogP contribution is 2.14. The summed E-state index contributed by atoms with van der Waals surface area (Å²) in [6.45, 7) is 5.67. The van der Waals surface area contributed by atoms with Crippen molar-refractivity contribution in [3.63, 3.8) is 0 Å². The monoisotopic (exact) mass is 413 g/mol. The fraction of sp³-hybridized carbons (Fsp3) is 0.391. The molecule has 0 aromatic heterocycles. The maximum atomic E-state index is 12.2. The van der Waals surface area contributed by atoms with Gasteiger partial charge in [-0.2, -0.15) is 0 Å². The van der Waals surface area contributed by atoms with Gasteiger partial charge in [-0.25, -0.2) is 0 Å². The number of benzene rings is 2. The van der Waals surface area contributed by atoms with Crippen LogP contribution in [0.3, 0.4) is 0 Å². The van der Waals surface area contributed by atoms with Gasteiger partial charge in [0.2, 0.25) is 5.91 Å². The van der Waals surface area contributed by atoms with E-state index in [1.807, 2.05) is 44.2 Å². The van der Waals surface area contributed by atoms with Gasteiger partial charge < -0.3 is 25.4 Å². The topological polar surface area (TPSA) is 88.7 Å². The lowest BCUT2D eigenvalue weighted by atomic mass is 10.2. The number of anilines is 1. The SMILES string of the molecule is COCCCNC(=O)c1cccc(NCC(=O)NCc2ccc(OC(C)C)cc2)c1.